The summed E-state index contributed by atoms with van der Waals surface area (Å²) in [7, 11) is 0. The molecule has 4 nitrogen and oxygen atoms in total. The van der Waals surface area contributed by atoms with Crippen molar-refractivity contribution in [1.29, 1.82) is 0 Å². The monoisotopic (exact) mass is 451 g/mol. The summed E-state index contributed by atoms with van der Waals surface area (Å²) >= 11 is 13.4. The first-order chi connectivity index (χ1) is 14.0. The number of hydrogen-bond acceptors (Lipinski definition) is 4. The second-order valence-electron chi connectivity index (χ2n) is 6.90. The topological polar surface area (TPSA) is 55.4 Å². The lowest BCUT2D eigenvalue weighted by molar-refractivity contribution is -0.111. The summed E-state index contributed by atoms with van der Waals surface area (Å²) in [6, 6.07) is 5.15. The summed E-state index contributed by atoms with van der Waals surface area (Å²) in [4.78, 5) is 26.4. The molecule has 0 aliphatic heterocycles. The Bertz CT molecular complexity index is 936. The van der Waals surface area contributed by atoms with Crippen molar-refractivity contribution in [1.82, 2.24) is 0 Å². The number of thiophene rings is 1. The molecule has 1 aromatic heterocycles. The fourth-order valence-electron chi connectivity index (χ4n) is 3.26. The molecule has 154 valence electrons. The SMILES string of the molecule is CCCOC(=O)c1c(NC(=O)/C=C/c2ccc(Cl)c(Cl)c2)sc2c1CCCCC2. The third kappa shape index (κ3) is 5.62. The summed E-state index contributed by atoms with van der Waals surface area (Å²) in [6.45, 7) is 2.33. The molecule has 3 rings (SSSR count). The summed E-state index contributed by atoms with van der Waals surface area (Å²) in [5, 5.41) is 4.34. The van der Waals surface area contributed by atoms with Gasteiger partial charge >= 0.3 is 5.97 Å². The number of carbonyl (C=O) groups is 2. The summed E-state index contributed by atoms with van der Waals surface area (Å²) in [5.74, 6) is -0.660. The standard InChI is InChI=1S/C22H23Cl2NO3S/c1-2-12-28-22(27)20-15-6-4-3-5-7-18(15)29-21(20)25-19(26)11-9-14-8-10-16(23)17(24)13-14/h8-11,13H,2-7,12H2,1H3,(H,25,26)/b11-9+. The number of carbonyl (C=O) groups excluding carboxylic acids is 2. The van der Waals surface area contributed by atoms with Crippen molar-refractivity contribution >= 4 is 57.5 Å². The number of anilines is 1. The van der Waals surface area contributed by atoms with Crippen LogP contribution in [-0.4, -0.2) is 18.5 Å². The van der Waals surface area contributed by atoms with Crippen LogP contribution in [0.1, 0.15) is 59.0 Å². The lowest BCUT2D eigenvalue weighted by atomic mass is 10.1. The van der Waals surface area contributed by atoms with E-state index in [0.29, 0.717) is 27.2 Å². The van der Waals surface area contributed by atoms with Gasteiger partial charge in [0.05, 0.1) is 22.2 Å². The summed E-state index contributed by atoms with van der Waals surface area (Å²) in [6.07, 6.45) is 8.91. The fourth-order valence-corrected chi connectivity index (χ4v) is 4.84. The van der Waals surface area contributed by atoms with Crippen LogP contribution in [0.2, 0.25) is 10.0 Å². The molecule has 7 heteroatoms. The predicted octanol–water partition coefficient (Wildman–Crippen LogP) is 6.54. The van der Waals surface area contributed by atoms with Crippen molar-refractivity contribution in [3.8, 4) is 0 Å². The Morgan fingerprint density at radius 1 is 1.17 bits per heavy atom. The third-order valence-electron chi connectivity index (χ3n) is 4.67. The molecule has 0 spiro atoms. The maximum Gasteiger partial charge on any atom is 0.341 e. The number of benzene rings is 1. The number of ether oxygens (including phenoxy) is 1. The van der Waals surface area contributed by atoms with E-state index in [1.165, 1.54) is 22.3 Å². The first kappa shape index (κ1) is 21.9. The van der Waals surface area contributed by atoms with Gasteiger partial charge in [0.25, 0.3) is 0 Å². The predicted molar refractivity (Wildman–Crippen MR) is 120 cm³/mol. The van der Waals surface area contributed by atoms with E-state index in [1.807, 2.05) is 6.92 Å². The van der Waals surface area contributed by atoms with E-state index in [-0.39, 0.29) is 11.9 Å². The molecular weight excluding hydrogens is 429 g/mol. The minimum atomic E-state index is -0.352. The molecule has 0 saturated carbocycles. The Morgan fingerprint density at radius 3 is 2.72 bits per heavy atom. The van der Waals surface area contributed by atoms with E-state index in [0.717, 1.165) is 49.7 Å². The summed E-state index contributed by atoms with van der Waals surface area (Å²) < 4.78 is 5.39. The molecule has 0 fully saturated rings. The van der Waals surface area contributed by atoms with Gasteiger partial charge in [-0.3, -0.25) is 4.79 Å². The zero-order valence-corrected chi connectivity index (χ0v) is 18.6. The normalized spacial score (nSPS) is 13.8. The van der Waals surface area contributed by atoms with Gasteiger partial charge in [0.2, 0.25) is 5.91 Å². The Morgan fingerprint density at radius 2 is 1.97 bits per heavy atom. The molecule has 0 atom stereocenters. The second kappa shape index (κ2) is 10.3. The minimum absolute atomic E-state index is 0.308. The Balaban J connectivity index is 1.81. The van der Waals surface area contributed by atoms with Gasteiger partial charge in [0, 0.05) is 11.0 Å². The number of esters is 1. The molecule has 0 unspecified atom stereocenters. The van der Waals surface area contributed by atoms with Crippen LogP contribution >= 0.6 is 34.5 Å². The van der Waals surface area contributed by atoms with Gasteiger partial charge < -0.3 is 10.1 Å². The first-order valence-corrected chi connectivity index (χ1v) is 11.3. The van der Waals surface area contributed by atoms with Crippen LogP contribution in [0.4, 0.5) is 5.00 Å². The van der Waals surface area contributed by atoms with Crippen LogP contribution in [0.15, 0.2) is 24.3 Å². The number of fused-ring (bicyclic) bond motifs is 1. The Labute approximate surface area is 184 Å². The Hall–Kier alpha value is -1.82. The molecule has 1 heterocycles. The van der Waals surface area contributed by atoms with E-state index in [2.05, 4.69) is 5.32 Å². The van der Waals surface area contributed by atoms with Gasteiger partial charge in [0.15, 0.2) is 0 Å². The number of aryl methyl sites for hydroxylation is 1. The smallest absolute Gasteiger partial charge is 0.341 e. The zero-order valence-electron chi connectivity index (χ0n) is 16.2. The summed E-state index contributed by atoms with van der Waals surface area (Å²) in [5.41, 5.74) is 2.33. The largest absolute Gasteiger partial charge is 0.462 e. The van der Waals surface area contributed by atoms with E-state index in [9.17, 15) is 9.59 Å². The van der Waals surface area contributed by atoms with Crippen molar-refractivity contribution in [3.63, 3.8) is 0 Å². The van der Waals surface area contributed by atoms with Crippen LogP contribution in [0.25, 0.3) is 6.08 Å². The Kier molecular flexibility index (Phi) is 7.76. The molecule has 1 amide bonds. The van der Waals surface area contributed by atoms with Gasteiger partial charge in [-0.25, -0.2) is 4.79 Å². The average Bonchev–Trinajstić information content (AvgIpc) is 2.87. The molecule has 2 aromatic rings. The van der Waals surface area contributed by atoms with Crippen molar-refractivity contribution in [2.45, 2.75) is 45.4 Å². The molecule has 1 aliphatic carbocycles. The molecule has 1 N–H and O–H groups in total. The van der Waals surface area contributed by atoms with Gasteiger partial charge in [-0.1, -0.05) is 42.6 Å². The van der Waals surface area contributed by atoms with Gasteiger partial charge in [-0.2, -0.15) is 0 Å². The molecule has 1 aromatic carbocycles. The van der Waals surface area contributed by atoms with Crippen LogP contribution in [0.5, 0.6) is 0 Å². The van der Waals surface area contributed by atoms with Crippen LogP contribution in [0, 0.1) is 0 Å². The van der Waals surface area contributed by atoms with Crippen molar-refractivity contribution in [2.24, 2.45) is 0 Å². The van der Waals surface area contributed by atoms with E-state index in [4.69, 9.17) is 27.9 Å². The number of hydrogen-bond donors (Lipinski definition) is 1. The fraction of sp³-hybridized carbons (Fsp3) is 0.364. The van der Waals surface area contributed by atoms with Crippen molar-refractivity contribution in [3.05, 3.63) is 55.9 Å². The lowest BCUT2D eigenvalue weighted by Gasteiger charge is -2.08. The van der Waals surface area contributed by atoms with Gasteiger partial charge in [0.1, 0.15) is 5.00 Å². The average molecular weight is 452 g/mol. The van der Waals surface area contributed by atoms with Crippen LogP contribution < -0.4 is 5.32 Å². The van der Waals surface area contributed by atoms with Gasteiger partial charge in [-0.05, 0) is 61.4 Å². The molecule has 0 saturated heterocycles. The zero-order chi connectivity index (χ0) is 20.8. The number of nitrogens with one attached hydrogen (secondary N) is 1. The van der Waals surface area contributed by atoms with E-state index < -0.39 is 0 Å². The maximum atomic E-state index is 12.7. The molecule has 0 bridgehead atoms. The number of halogens is 2. The van der Waals surface area contributed by atoms with Crippen LogP contribution in [0.3, 0.4) is 0 Å². The van der Waals surface area contributed by atoms with E-state index in [1.54, 1.807) is 24.3 Å². The third-order valence-corrected chi connectivity index (χ3v) is 6.62. The molecule has 1 aliphatic rings. The first-order valence-electron chi connectivity index (χ1n) is 9.75. The second-order valence-corrected chi connectivity index (χ2v) is 8.82. The minimum Gasteiger partial charge on any atom is -0.462 e. The number of rotatable bonds is 6. The molecular formula is C22H23Cl2NO3S. The van der Waals surface area contributed by atoms with Gasteiger partial charge in [-0.15, -0.1) is 11.3 Å². The van der Waals surface area contributed by atoms with E-state index >= 15 is 0 Å². The molecule has 0 radical (unpaired) electrons. The highest BCUT2D eigenvalue weighted by atomic mass is 35.5. The van der Waals surface area contributed by atoms with Crippen LogP contribution in [-0.2, 0) is 22.4 Å². The number of amides is 1. The highest BCUT2D eigenvalue weighted by molar-refractivity contribution is 7.17. The maximum absolute atomic E-state index is 12.7. The van der Waals surface area contributed by atoms with Crippen molar-refractivity contribution in [2.75, 3.05) is 11.9 Å². The highest BCUT2D eigenvalue weighted by Crippen LogP contribution is 2.38. The lowest BCUT2D eigenvalue weighted by Crippen LogP contribution is -2.13. The quantitative estimate of drug-likeness (QED) is 0.308. The van der Waals surface area contributed by atoms with Crippen molar-refractivity contribution < 1.29 is 14.3 Å². The highest BCUT2D eigenvalue weighted by Gasteiger charge is 2.26. The molecule has 29 heavy (non-hydrogen) atoms.